The van der Waals surface area contributed by atoms with Crippen LogP contribution in [0.3, 0.4) is 0 Å². The number of hydrogen-bond acceptors (Lipinski definition) is 2. The molecular formula is C11H16N2. The second-order valence-electron chi connectivity index (χ2n) is 4.53. The van der Waals surface area contributed by atoms with Gasteiger partial charge in [0.25, 0.3) is 0 Å². The van der Waals surface area contributed by atoms with E-state index in [0.29, 0.717) is 6.04 Å². The topological polar surface area (TPSA) is 27.0 Å². The average Bonchev–Trinajstić information content (AvgIpc) is 2.01. The molecule has 2 heteroatoms. The van der Waals surface area contributed by atoms with Crippen LogP contribution >= 0.6 is 0 Å². The highest BCUT2D eigenvalue weighted by atomic mass is 15.1. The van der Waals surface area contributed by atoms with Gasteiger partial charge in [0, 0.05) is 13.2 Å². The Morgan fingerprint density at radius 2 is 2.08 bits per heavy atom. The summed E-state index contributed by atoms with van der Waals surface area (Å²) in [5.74, 6) is 0. The van der Waals surface area contributed by atoms with Gasteiger partial charge in [-0.2, -0.15) is 5.26 Å². The van der Waals surface area contributed by atoms with E-state index in [1.165, 1.54) is 0 Å². The largest absolute Gasteiger partial charge is 0.372 e. The maximum absolute atomic E-state index is 8.70. The highest BCUT2D eigenvalue weighted by Crippen LogP contribution is 2.27. The number of hydrogen-bond donors (Lipinski definition) is 0. The van der Waals surface area contributed by atoms with Crippen molar-refractivity contribution in [3.05, 3.63) is 23.9 Å². The predicted molar refractivity (Wildman–Crippen MR) is 53.8 cm³/mol. The van der Waals surface area contributed by atoms with Gasteiger partial charge in [-0.25, -0.2) is 0 Å². The lowest BCUT2D eigenvalue weighted by atomic mass is 9.84. The highest BCUT2D eigenvalue weighted by molar-refractivity contribution is 5.36. The van der Waals surface area contributed by atoms with Gasteiger partial charge < -0.3 is 4.90 Å². The molecule has 70 valence electrons. The minimum atomic E-state index is 0.211. The zero-order valence-electron chi connectivity index (χ0n) is 8.70. The van der Waals surface area contributed by atoms with E-state index in [1.807, 2.05) is 19.3 Å². The molecule has 0 saturated carbocycles. The standard InChI is InChI=1S/C11H16N2/c1-11(2,3)10-6-5-9(7-12)8-13(10)4/h5-6,8,10H,1-4H3. The number of nitrogens with zero attached hydrogens (tertiary/aromatic N) is 2. The highest BCUT2D eigenvalue weighted by Gasteiger charge is 2.26. The van der Waals surface area contributed by atoms with Crippen LogP contribution in [0.15, 0.2) is 23.9 Å². The Hall–Kier alpha value is -1.23. The molecule has 0 aromatic rings. The molecular weight excluding hydrogens is 160 g/mol. The van der Waals surface area contributed by atoms with Crippen molar-refractivity contribution in [1.82, 2.24) is 4.90 Å². The van der Waals surface area contributed by atoms with Crippen LogP contribution < -0.4 is 0 Å². The molecule has 1 heterocycles. The van der Waals surface area contributed by atoms with Crippen molar-refractivity contribution < 1.29 is 0 Å². The maximum Gasteiger partial charge on any atom is 0.101 e. The van der Waals surface area contributed by atoms with Crippen LogP contribution in [-0.4, -0.2) is 18.0 Å². The summed E-state index contributed by atoms with van der Waals surface area (Å²) in [5.41, 5.74) is 0.936. The molecule has 1 unspecified atom stereocenters. The van der Waals surface area contributed by atoms with Crippen LogP contribution in [0.1, 0.15) is 20.8 Å². The molecule has 0 bridgehead atoms. The summed E-state index contributed by atoms with van der Waals surface area (Å²) in [4.78, 5) is 2.10. The molecule has 1 atom stereocenters. The summed E-state index contributed by atoms with van der Waals surface area (Å²) in [7, 11) is 2.01. The van der Waals surface area contributed by atoms with Crippen LogP contribution in [0.5, 0.6) is 0 Å². The van der Waals surface area contributed by atoms with Crippen LogP contribution in [0.25, 0.3) is 0 Å². The number of allylic oxidation sites excluding steroid dienone is 2. The molecule has 0 N–H and O–H groups in total. The molecule has 0 saturated heterocycles. The lowest BCUT2D eigenvalue weighted by molar-refractivity contribution is 0.212. The molecule has 0 aliphatic carbocycles. The Labute approximate surface area is 80.2 Å². The summed E-state index contributed by atoms with van der Waals surface area (Å²) < 4.78 is 0. The van der Waals surface area contributed by atoms with Gasteiger partial charge in [-0.15, -0.1) is 0 Å². The third-order valence-electron chi connectivity index (χ3n) is 2.26. The molecule has 1 rings (SSSR count). The van der Waals surface area contributed by atoms with Crippen molar-refractivity contribution >= 4 is 0 Å². The van der Waals surface area contributed by atoms with Crippen LogP contribution in [0.4, 0.5) is 0 Å². The first-order valence-electron chi connectivity index (χ1n) is 4.47. The van der Waals surface area contributed by atoms with Crippen molar-refractivity contribution in [2.45, 2.75) is 26.8 Å². The van der Waals surface area contributed by atoms with E-state index in [-0.39, 0.29) is 5.41 Å². The van der Waals surface area contributed by atoms with Crippen LogP contribution in [0.2, 0.25) is 0 Å². The van der Waals surface area contributed by atoms with Gasteiger partial charge in [0.2, 0.25) is 0 Å². The molecule has 0 aromatic carbocycles. The minimum Gasteiger partial charge on any atom is -0.372 e. The Morgan fingerprint density at radius 3 is 2.46 bits per heavy atom. The van der Waals surface area contributed by atoms with Crippen molar-refractivity contribution in [2.75, 3.05) is 7.05 Å². The van der Waals surface area contributed by atoms with E-state index >= 15 is 0 Å². The maximum atomic E-state index is 8.70. The van der Waals surface area contributed by atoms with Crippen molar-refractivity contribution in [1.29, 1.82) is 5.26 Å². The molecule has 0 spiro atoms. The average molecular weight is 176 g/mol. The molecule has 2 nitrogen and oxygen atoms in total. The summed E-state index contributed by atoms with van der Waals surface area (Å²) in [6.07, 6.45) is 5.89. The number of likely N-dealkylation sites (N-methyl/N-ethyl adjacent to an activating group) is 1. The first kappa shape index (κ1) is 9.85. The van der Waals surface area contributed by atoms with Crippen LogP contribution in [-0.2, 0) is 0 Å². The summed E-state index contributed by atoms with van der Waals surface area (Å²) >= 11 is 0. The van der Waals surface area contributed by atoms with E-state index in [0.717, 1.165) is 5.57 Å². The first-order valence-corrected chi connectivity index (χ1v) is 4.47. The van der Waals surface area contributed by atoms with Crippen molar-refractivity contribution in [2.24, 2.45) is 5.41 Å². The Kier molecular flexibility index (Phi) is 2.47. The predicted octanol–water partition coefficient (Wildman–Crippen LogP) is 2.31. The Morgan fingerprint density at radius 1 is 1.46 bits per heavy atom. The van der Waals surface area contributed by atoms with Gasteiger partial charge in [-0.1, -0.05) is 26.8 Å². The number of rotatable bonds is 0. The third kappa shape index (κ3) is 2.12. The summed E-state index contributed by atoms with van der Waals surface area (Å²) in [6.45, 7) is 6.59. The second-order valence-corrected chi connectivity index (χ2v) is 4.53. The van der Waals surface area contributed by atoms with E-state index < -0.39 is 0 Å². The molecule has 0 aromatic heterocycles. The minimum absolute atomic E-state index is 0.211. The molecule has 1 aliphatic rings. The van der Waals surface area contributed by atoms with E-state index in [9.17, 15) is 0 Å². The lowest BCUT2D eigenvalue weighted by Crippen LogP contribution is -2.38. The summed E-state index contributed by atoms with van der Waals surface area (Å²) in [5, 5.41) is 8.70. The summed E-state index contributed by atoms with van der Waals surface area (Å²) in [6, 6.07) is 2.52. The Bertz CT molecular complexity index is 286. The van der Waals surface area contributed by atoms with E-state index in [1.54, 1.807) is 0 Å². The molecule has 1 aliphatic heterocycles. The second kappa shape index (κ2) is 3.26. The van der Waals surface area contributed by atoms with Gasteiger partial charge in [-0.3, -0.25) is 0 Å². The molecule has 0 amide bonds. The molecule has 13 heavy (non-hydrogen) atoms. The van der Waals surface area contributed by atoms with Gasteiger partial charge in [-0.05, 0) is 11.5 Å². The normalized spacial score (nSPS) is 22.5. The first-order chi connectivity index (χ1) is 5.95. The van der Waals surface area contributed by atoms with Crippen molar-refractivity contribution in [3.63, 3.8) is 0 Å². The van der Waals surface area contributed by atoms with Gasteiger partial charge in [0.15, 0.2) is 0 Å². The van der Waals surface area contributed by atoms with E-state index in [2.05, 4.69) is 37.8 Å². The molecule has 0 fully saturated rings. The SMILES string of the molecule is CN1C=C(C#N)C=CC1C(C)(C)C. The lowest BCUT2D eigenvalue weighted by Gasteiger charge is -2.37. The van der Waals surface area contributed by atoms with Gasteiger partial charge >= 0.3 is 0 Å². The van der Waals surface area contributed by atoms with Gasteiger partial charge in [0.05, 0.1) is 11.6 Å². The Balaban J connectivity index is 2.85. The monoisotopic (exact) mass is 176 g/mol. The van der Waals surface area contributed by atoms with E-state index in [4.69, 9.17) is 5.26 Å². The quantitative estimate of drug-likeness (QED) is 0.566. The number of nitriles is 1. The third-order valence-corrected chi connectivity index (χ3v) is 2.26. The van der Waals surface area contributed by atoms with Crippen LogP contribution in [0, 0.1) is 16.7 Å². The fourth-order valence-corrected chi connectivity index (χ4v) is 1.64. The van der Waals surface area contributed by atoms with Gasteiger partial charge in [0.1, 0.15) is 6.07 Å². The fraction of sp³-hybridized carbons (Fsp3) is 0.545. The van der Waals surface area contributed by atoms with Crippen molar-refractivity contribution in [3.8, 4) is 6.07 Å². The fourth-order valence-electron chi connectivity index (χ4n) is 1.64. The zero-order valence-corrected chi connectivity index (χ0v) is 8.70. The smallest absolute Gasteiger partial charge is 0.101 e. The zero-order chi connectivity index (χ0) is 10.1. The molecule has 0 radical (unpaired) electrons.